The van der Waals surface area contributed by atoms with Gasteiger partial charge in [0.05, 0.1) is 14.6 Å². The number of fused-ring (bicyclic) bond motifs is 1. The van der Waals surface area contributed by atoms with Crippen LogP contribution in [-0.2, 0) is 23.2 Å². The van der Waals surface area contributed by atoms with E-state index in [4.69, 9.17) is 10.0 Å². The number of rotatable bonds is 6. The Balaban J connectivity index is 1.62. The van der Waals surface area contributed by atoms with Crippen LogP contribution < -0.4 is 5.32 Å². The highest BCUT2D eigenvalue weighted by atomic mass is 32.2. The lowest BCUT2D eigenvalue weighted by molar-refractivity contribution is 0.101. The first kappa shape index (κ1) is 27.2. The van der Waals surface area contributed by atoms with Crippen molar-refractivity contribution in [2.75, 3.05) is 11.1 Å². The van der Waals surface area contributed by atoms with Gasteiger partial charge in [-0.25, -0.2) is 18.4 Å². The smallest absolute Gasteiger partial charge is 0.272 e. The molecule has 3 aromatic rings. The summed E-state index contributed by atoms with van der Waals surface area (Å²) in [6, 6.07) is 10.5. The highest BCUT2D eigenvalue weighted by molar-refractivity contribution is 7.92. The summed E-state index contributed by atoms with van der Waals surface area (Å²) in [5.41, 5.74) is 1.53. The molecule has 3 atom stereocenters. The molecule has 0 bridgehead atoms. The van der Waals surface area contributed by atoms with E-state index in [9.17, 15) is 17.8 Å². The van der Waals surface area contributed by atoms with Crippen LogP contribution >= 0.6 is 0 Å². The van der Waals surface area contributed by atoms with Crippen molar-refractivity contribution in [3.63, 3.8) is 0 Å². The number of amides is 1. The lowest BCUT2D eigenvalue weighted by Gasteiger charge is -2.21. The number of halogens is 2. The lowest BCUT2D eigenvalue weighted by Crippen LogP contribution is -2.17. The molecule has 38 heavy (non-hydrogen) atoms. The molecule has 0 saturated carbocycles. The highest BCUT2D eigenvalue weighted by Gasteiger charge is 2.27. The number of nitrogens with one attached hydrogen (secondary N) is 2. The van der Waals surface area contributed by atoms with Crippen molar-refractivity contribution in [2.45, 2.75) is 37.5 Å². The van der Waals surface area contributed by atoms with Crippen LogP contribution in [0, 0.1) is 39.7 Å². The Hall–Kier alpha value is -3.84. The first-order valence-corrected chi connectivity index (χ1v) is 14.1. The maximum absolute atomic E-state index is 13.8. The minimum atomic E-state index is -3.16. The zero-order chi connectivity index (χ0) is 27.4. The van der Waals surface area contributed by atoms with E-state index in [1.54, 1.807) is 37.5 Å². The number of benzene rings is 1. The molecule has 2 aromatic heterocycles. The van der Waals surface area contributed by atoms with Gasteiger partial charge in [-0.3, -0.25) is 4.79 Å². The topological polar surface area (TPSA) is 112 Å². The number of aromatic nitrogens is 2. The summed E-state index contributed by atoms with van der Waals surface area (Å²) in [6.45, 7) is 2.14. The Labute approximate surface area is 221 Å². The fourth-order valence-electron chi connectivity index (χ4n) is 4.82. The first-order chi connectivity index (χ1) is 18.1. The molecule has 4 rings (SSSR count). The minimum Gasteiger partial charge on any atom is -0.345 e. The number of hydrogen-bond acceptors (Lipinski definition) is 5. The zero-order valence-corrected chi connectivity index (χ0v) is 22.0. The number of allylic oxidation sites excluding steroid dienone is 1. The molecule has 0 spiro atoms. The van der Waals surface area contributed by atoms with Crippen LogP contribution in [0.15, 0.2) is 53.6 Å². The predicted molar refractivity (Wildman–Crippen MR) is 142 cm³/mol. The van der Waals surface area contributed by atoms with Crippen molar-refractivity contribution < 1.29 is 17.8 Å². The number of carbonyl (C=O) groups is 1. The van der Waals surface area contributed by atoms with Crippen LogP contribution in [0.3, 0.4) is 0 Å². The first-order valence-electron chi connectivity index (χ1n) is 12.3. The van der Waals surface area contributed by atoms with Gasteiger partial charge in [0, 0.05) is 36.3 Å². The average Bonchev–Trinajstić information content (AvgIpc) is 3.23. The number of aryl methyl sites for hydroxylation is 2. The molecule has 1 aromatic carbocycles. The second kappa shape index (κ2) is 11.3. The van der Waals surface area contributed by atoms with Gasteiger partial charge in [-0.15, -0.1) is 0 Å². The Morgan fingerprint density at radius 1 is 1.32 bits per heavy atom. The van der Waals surface area contributed by atoms with Crippen LogP contribution in [0.25, 0.3) is 6.08 Å². The van der Waals surface area contributed by atoms with Crippen LogP contribution in [0.1, 0.15) is 53.5 Å². The summed E-state index contributed by atoms with van der Waals surface area (Å²) in [5.74, 6) is -1.19. The molecule has 0 radical (unpaired) electrons. The SMILES string of the molecule is C[C@@H](CCc1ccc(F)cc1)[C@H]1/C=C\c2c(cn(C)c2C(=O)Nc2cc(F)nc(C#N)c2)S(=N)(=O)CCC1. The summed E-state index contributed by atoms with van der Waals surface area (Å²) >= 11 is 0. The van der Waals surface area contributed by atoms with Crippen molar-refractivity contribution in [1.82, 2.24) is 9.55 Å². The Morgan fingerprint density at radius 3 is 2.76 bits per heavy atom. The van der Waals surface area contributed by atoms with Crippen molar-refractivity contribution in [3.05, 3.63) is 83.0 Å². The normalized spacial score (nSPS) is 20.8. The number of nitrogens with zero attached hydrogens (tertiary/aromatic N) is 3. The van der Waals surface area contributed by atoms with Crippen LogP contribution in [0.5, 0.6) is 0 Å². The quantitative estimate of drug-likeness (QED) is 0.380. The molecule has 1 aliphatic heterocycles. The molecule has 1 amide bonds. The van der Waals surface area contributed by atoms with Gasteiger partial charge >= 0.3 is 0 Å². The van der Waals surface area contributed by atoms with Gasteiger partial charge in [0.25, 0.3) is 5.91 Å². The van der Waals surface area contributed by atoms with Gasteiger partial charge in [0.1, 0.15) is 23.3 Å². The molecule has 0 saturated heterocycles. The monoisotopic (exact) mass is 537 g/mol. The fourth-order valence-corrected chi connectivity index (χ4v) is 6.46. The van der Waals surface area contributed by atoms with Gasteiger partial charge in [-0.05, 0) is 61.3 Å². The molecular weight excluding hydrogens is 508 g/mol. The van der Waals surface area contributed by atoms with Gasteiger partial charge in [-0.2, -0.15) is 9.65 Å². The number of carbonyl (C=O) groups excluding carboxylic acids is 1. The van der Waals surface area contributed by atoms with E-state index < -0.39 is 21.6 Å². The fraction of sp³-hybridized carbons (Fsp3) is 0.321. The molecule has 0 fully saturated rings. The van der Waals surface area contributed by atoms with Crippen LogP contribution in [-0.4, -0.2) is 25.4 Å². The maximum Gasteiger partial charge on any atom is 0.272 e. The van der Waals surface area contributed by atoms with Gasteiger partial charge in [0.2, 0.25) is 5.95 Å². The van der Waals surface area contributed by atoms with Gasteiger partial charge < -0.3 is 9.88 Å². The largest absolute Gasteiger partial charge is 0.345 e. The van der Waals surface area contributed by atoms with E-state index in [0.717, 1.165) is 30.9 Å². The highest BCUT2D eigenvalue weighted by Crippen LogP contribution is 2.32. The maximum atomic E-state index is 13.8. The molecule has 2 N–H and O–H groups in total. The molecule has 7 nitrogen and oxygen atoms in total. The summed E-state index contributed by atoms with van der Waals surface area (Å²) < 4.78 is 50.6. The van der Waals surface area contributed by atoms with Crippen molar-refractivity contribution in [3.8, 4) is 6.07 Å². The molecule has 1 aliphatic rings. The number of hydrogen-bond donors (Lipinski definition) is 2. The predicted octanol–water partition coefficient (Wildman–Crippen LogP) is 5.92. The summed E-state index contributed by atoms with van der Waals surface area (Å²) in [7, 11) is -1.53. The second-order valence-corrected chi connectivity index (χ2v) is 11.9. The average molecular weight is 538 g/mol. The standard InChI is InChI=1S/C28H29F2N5O2S/c1-18(5-6-19-7-10-21(29)11-8-19)20-4-3-13-38(32,37)25-17-35(2)27(24(25)12-9-20)28(36)34-22-14-23(16-31)33-26(30)15-22/h7-12,14-15,17-18,20,32H,3-6,13H2,1-2H3,(H,33,34,36)/b12-9-/t18-,20+,38?/m0/s1. The number of pyridine rings is 1. The number of nitriles is 1. The van der Waals surface area contributed by atoms with Crippen molar-refractivity contribution in [1.29, 1.82) is 10.0 Å². The van der Waals surface area contributed by atoms with E-state index >= 15 is 0 Å². The summed E-state index contributed by atoms with van der Waals surface area (Å²) in [4.78, 5) is 17.0. The lowest BCUT2D eigenvalue weighted by atomic mass is 9.85. The molecule has 198 valence electrons. The Bertz CT molecular complexity index is 1520. The summed E-state index contributed by atoms with van der Waals surface area (Å²) in [5, 5.41) is 11.7. The van der Waals surface area contributed by atoms with Gasteiger partial charge in [0.15, 0.2) is 0 Å². The van der Waals surface area contributed by atoms with E-state index in [2.05, 4.69) is 17.2 Å². The Kier molecular flexibility index (Phi) is 8.07. The molecule has 0 aliphatic carbocycles. The third kappa shape index (κ3) is 6.17. The third-order valence-corrected chi connectivity index (χ3v) is 8.83. The number of anilines is 1. The second-order valence-electron chi connectivity index (χ2n) is 9.68. The van der Waals surface area contributed by atoms with Crippen molar-refractivity contribution in [2.24, 2.45) is 18.9 Å². The van der Waals surface area contributed by atoms with Crippen molar-refractivity contribution >= 4 is 27.4 Å². The Morgan fingerprint density at radius 2 is 2.05 bits per heavy atom. The summed E-state index contributed by atoms with van der Waals surface area (Å²) in [6.07, 6.45) is 8.35. The van der Waals surface area contributed by atoms with Crippen LogP contribution in [0.4, 0.5) is 14.5 Å². The minimum absolute atomic E-state index is 0.0694. The van der Waals surface area contributed by atoms with E-state index in [0.29, 0.717) is 16.9 Å². The molecule has 1 unspecified atom stereocenters. The molecule has 3 heterocycles. The molecular formula is C28H29F2N5O2S. The van der Waals surface area contributed by atoms with Crippen LogP contribution in [0.2, 0.25) is 0 Å². The van der Waals surface area contributed by atoms with E-state index in [-0.39, 0.29) is 40.5 Å². The molecule has 10 heteroatoms. The van der Waals surface area contributed by atoms with Gasteiger partial charge in [-0.1, -0.05) is 31.2 Å². The van der Waals surface area contributed by atoms with E-state index in [1.165, 1.54) is 22.8 Å². The zero-order valence-electron chi connectivity index (χ0n) is 21.2. The van der Waals surface area contributed by atoms with E-state index in [1.807, 2.05) is 6.08 Å². The third-order valence-electron chi connectivity index (χ3n) is 6.93.